The van der Waals surface area contributed by atoms with Crippen molar-refractivity contribution in [1.29, 1.82) is 0 Å². The minimum atomic E-state index is -2.89. The first-order valence-electron chi connectivity index (χ1n) is 10.6. The number of imidazole rings is 1. The molecule has 5 rings (SSSR count). The lowest BCUT2D eigenvalue weighted by atomic mass is 9.96. The van der Waals surface area contributed by atoms with Crippen molar-refractivity contribution in [2.24, 2.45) is 0 Å². The highest BCUT2D eigenvalue weighted by molar-refractivity contribution is 6.15. The highest BCUT2D eigenvalue weighted by Crippen LogP contribution is 2.45. The van der Waals surface area contributed by atoms with E-state index < -0.39 is 30.7 Å². The van der Waals surface area contributed by atoms with Crippen molar-refractivity contribution in [2.75, 3.05) is 11.4 Å². The van der Waals surface area contributed by atoms with Gasteiger partial charge in [0, 0.05) is 19.4 Å². The zero-order chi connectivity index (χ0) is 23.3. The third-order valence-electron chi connectivity index (χ3n) is 6.21. The Labute approximate surface area is 187 Å². The molecular formula is C23H20F2N4O4. The normalized spacial score (nSPS) is 19.9. The molecule has 3 aromatic rings. The van der Waals surface area contributed by atoms with Crippen LogP contribution in [-0.4, -0.2) is 44.4 Å². The first kappa shape index (κ1) is 21.0. The van der Waals surface area contributed by atoms with Crippen LogP contribution in [0.1, 0.15) is 42.5 Å². The number of nitrogens with zero attached hydrogens (tertiary/aromatic N) is 4. The zero-order valence-corrected chi connectivity index (χ0v) is 17.7. The Bertz CT molecular complexity index is 1290. The number of hydrogen-bond donors (Lipinski definition) is 0. The number of benzene rings is 2. The van der Waals surface area contributed by atoms with Gasteiger partial charge in [-0.25, -0.2) is 9.78 Å². The van der Waals surface area contributed by atoms with Gasteiger partial charge in [-0.2, -0.15) is 8.78 Å². The molecule has 1 atom stereocenters. The van der Waals surface area contributed by atoms with Crippen LogP contribution >= 0.6 is 0 Å². The average Bonchev–Trinajstić information content (AvgIpc) is 3.36. The third-order valence-corrected chi connectivity index (χ3v) is 6.21. The van der Waals surface area contributed by atoms with Gasteiger partial charge in [0.25, 0.3) is 5.91 Å². The summed E-state index contributed by atoms with van der Waals surface area (Å²) in [4.78, 5) is 46.4. The maximum absolute atomic E-state index is 13.7. The van der Waals surface area contributed by atoms with Crippen molar-refractivity contribution in [1.82, 2.24) is 14.5 Å². The second-order valence-corrected chi connectivity index (χ2v) is 7.85. The molecule has 0 radical (unpaired) electrons. The van der Waals surface area contributed by atoms with Crippen molar-refractivity contribution < 1.29 is 27.9 Å². The molecule has 170 valence electrons. The number of rotatable bonds is 5. The summed E-state index contributed by atoms with van der Waals surface area (Å²) in [6.45, 7) is -1.56. The summed E-state index contributed by atoms with van der Waals surface area (Å²) in [7, 11) is 0. The summed E-state index contributed by atoms with van der Waals surface area (Å²) in [5.74, 6) is -1.69. The smallest absolute Gasteiger partial charge is 0.354 e. The molecule has 2 aliphatic heterocycles. The highest BCUT2D eigenvalue weighted by Gasteiger charge is 2.61. The van der Waals surface area contributed by atoms with Crippen molar-refractivity contribution in [3.63, 3.8) is 0 Å². The van der Waals surface area contributed by atoms with Crippen LogP contribution in [0.3, 0.4) is 0 Å². The van der Waals surface area contributed by atoms with Crippen molar-refractivity contribution in [3.05, 3.63) is 59.9 Å². The van der Waals surface area contributed by atoms with Crippen molar-refractivity contribution in [2.45, 2.75) is 38.6 Å². The first-order valence-corrected chi connectivity index (χ1v) is 10.6. The van der Waals surface area contributed by atoms with Crippen LogP contribution in [0.4, 0.5) is 14.5 Å². The SMILES string of the molecule is CCN1C(=O)c2ccccc2N2C(=O)CC[C@]12C(=O)OCc1nc2ccccc2n1C(F)F. The van der Waals surface area contributed by atoms with Gasteiger partial charge in [-0.05, 0) is 31.2 Å². The Morgan fingerprint density at radius 2 is 1.88 bits per heavy atom. The number of likely N-dealkylation sites (N-methyl/N-ethyl adjacent to an activating group) is 1. The fourth-order valence-corrected chi connectivity index (χ4v) is 4.83. The molecule has 1 saturated heterocycles. The molecule has 2 aromatic carbocycles. The molecule has 0 aliphatic carbocycles. The average molecular weight is 454 g/mol. The van der Waals surface area contributed by atoms with Crippen LogP contribution < -0.4 is 4.90 Å². The zero-order valence-electron chi connectivity index (χ0n) is 17.7. The fourth-order valence-electron chi connectivity index (χ4n) is 4.83. The molecule has 0 spiro atoms. The predicted molar refractivity (Wildman–Crippen MR) is 113 cm³/mol. The van der Waals surface area contributed by atoms with E-state index in [4.69, 9.17) is 4.74 Å². The lowest BCUT2D eigenvalue weighted by Gasteiger charge is -2.48. The quantitative estimate of drug-likeness (QED) is 0.551. The van der Waals surface area contributed by atoms with Crippen LogP contribution in [0, 0.1) is 0 Å². The third kappa shape index (κ3) is 2.93. The summed E-state index contributed by atoms with van der Waals surface area (Å²) in [6.07, 6.45) is 0.0899. The van der Waals surface area contributed by atoms with Crippen LogP contribution in [0.25, 0.3) is 11.0 Å². The fraction of sp³-hybridized carbons (Fsp3) is 0.304. The monoisotopic (exact) mass is 454 g/mol. The molecule has 10 heteroatoms. The molecule has 33 heavy (non-hydrogen) atoms. The van der Waals surface area contributed by atoms with Gasteiger partial charge in [-0.15, -0.1) is 0 Å². The van der Waals surface area contributed by atoms with E-state index in [2.05, 4.69) is 4.98 Å². The van der Waals surface area contributed by atoms with Gasteiger partial charge in [0.2, 0.25) is 11.6 Å². The Kier molecular flexibility index (Phi) is 4.88. The molecule has 3 heterocycles. The maximum atomic E-state index is 13.7. The number of amides is 2. The van der Waals surface area contributed by atoms with E-state index in [-0.39, 0.29) is 36.6 Å². The second kappa shape index (κ2) is 7.65. The van der Waals surface area contributed by atoms with E-state index in [9.17, 15) is 23.2 Å². The summed E-state index contributed by atoms with van der Waals surface area (Å²) in [5, 5.41) is 0. The van der Waals surface area contributed by atoms with Gasteiger partial charge in [0.05, 0.1) is 22.3 Å². The Hall–Kier alpha value is -3.82. The van der Waals surface area contributed by atoms with Gasteiger partial charge < -0.3 is 9.64 Å². The summed E-state index contributed by atoms with van der Waals surface area (Å²) >= 11 is 0. The number of alkyl halides is 2. The number of halogens is 2. The first-order chi connectivity index (χ1) is 15.9. The van der Waals surface area contributed by atoms with E-state index in [0.717, 1.165) is 0 Å². The molecular weight excluding hydrogens is 434 g/mol. The lowest BCUT2D eigenvalue weighted by molar-refractivity contribution is -0.159. The van der Waals surface area contributed by atoms with Gasteiger partial charge in [-0.3, -0.25) is 19.1 Å². The van der Waals surface area contributed by atoms with Gasteiger partial charge in [0.1, 0.15) is 6.61 Å². The number of ether oxygens (including phenoxy) is 1. The van der Waals surface area contributed by atoms with Crippen molar-refractivity contribution >= 4 is 34.5 Å². The number of fused-ring (bicyclic) bond motifs is 4. The highest BCUT2D eigenvalue weighted by atomic mass is 19.3. The lowest BCUT2D eigenvalue weighted by Crippen LogP contribution is -2.68. The number of anilines is 1. The van der Waals surface area contributed by atoms with E-state index in [1.165, 1.54) is 15.9 Å². The van der Waals surface area contributed by atoms with E-state index in [1.54, 1.807) is 49.4 Å². The van der Waals surface area contributed by atoms with E-state index in [1.807, 2.05) is 0 Å². The summed E-state index contributed by atoms with van der Waals surface area (Å²) < 4.78 is 33.7. The number of carbonyl (C=O) groups is 3. The van der Waals surface area contributed by atoms with Crippen LogP contribution in [0.2, 0.25) is 0 Å². The molecule has 0 unspecified atom stereocenters. The molecule has 1 aromatic heterocycles. The molecule has 1 fully saturated rings. The molecule has 2 aliphatic rings. The minimum Gasteiger partial charge on any atom is -0.454 e. The van der Waals surface area contributed by atoms with Gasteiger partial charge in [0.15, 0.2) is 5.82 Å². The molecule has 8 nitrogen and oxygen atoms in total. The minimum absolute atomic E-state index is 0.0444. The second-order valence-electron chi connectivity index (χ2n) is 7.85. The Balaban J connectivity index is 1.53. The van der Waals surface area contributed by atoms with Crippen LogP contribution in [-0.2, 0) is 20.9 Å². The number of hydrogen-bond acceptors (Lipinski definition) is 5. The van der Waals surface area contributed by atoms with E-state index >= 15 is 0 Å². The number of esters is 1. The summed E-state index contributed by atoms with van der Waals surface area (Å²) in [6, 6.07) is 13.0. The predicted octanol–water partition coefficient (Wildman–Crippen LogP) is 3.47. The number of carbonyl (C=O) groups excluding carboxylic acids is 3. The molecule has 0 N–H and O–H groups in total. The molecule has 0 bridgehead atoms. The Morgan fingerprint density at radius 3 is 2.64 bits per heavy atom. The largest absolute Gasteiger partial charge is 0.454 e. The van der Waals surface area contributed by atoms with Gasteiger partial charge >= 0.3 is 12.5 Å². The van der Waals surface area contributed by atoms with E-state index in [0.29, 0.717) is 21.3 Å². The topological polar surface area (TPSA) is 84.7 Å². The summed E-state index contributed by atoms with van der Waals surface area (Å²) in [5.41, 5.74) is -0.453. The molecule has 0 saturated carbocycles. The number of aromatic nitrogens is 2. The van der Waals surface area contributed by atoms with Crippen molar-refractivity contribution in [3.8, 4) is 0 Å². The maximum Gasteiger partial charge on any atom is 0.354 e. The standard InChI is InChI=1S/C23H20F2N4O4/c1-2-27-20(31)14-7-3-5-9-16(14)29-19(30)11-12-23(27,29)21(32)33-13-18-26-15-8-4-6-10-17(15)28(18)22(24)25/h3-10,22H,2,11-13H2,1H3/t23-/m0/s1. The number of para-hydroxylation sites is 3. The Morgan fingerprint density at radius 1 is 1.15 bits per heavy atom. The van der Waals surface area contributed by atoms with Gasteiger partial charge in [-0.1, -0.05) is 24.3 Å². The molecule has 2 amide bonds. The van der Waals surface area contributed by atoms with Crippen LogP contribution in [0.15, 0.2) is 48.5 Å². The van der Waals surface area contributed by atoms with Crippen LogP contribution in [0.5, 0.6) is 0 Å².